The Morgan fingerprint density at radius 3 is 1.76 bits per heavy atom. The van der Waals surface area contributed by atoms with E-state index in [2.05, 4.69) is 88.3 Å². The van der Waals surface area contributed by atoms with E-state index < -0.39 is 0 Å². The molecule has 6 aromatic carbocycles. The lowest BCUT2D eigenvalue weighted by Gasteiger charge is -2.32. The van der Waals surface area contributed by atoms with Gasteiger partial charge in [-0.25, -0.2) is 4.98 Å². The number of fused-ring (bicyclic) bond motifs is 4. The Hall–Kier alpha value is -6.27. The number of benzene rings is 6. The third-order valence-corrected chi connectivity index (χ3v) is 8.76. The first kappa shape index (κ1) is 24.2. The van der Waals surface area contributed by atoms with E-state index in [4.69, 9.17) is 19.4 Å². The summed E-state index contributed by atoms with van der Waals surface area (Å²) in [7, 11) is 0. The highest BCUT2D eigenvalue weighted by molar-refractivity contribution is 6.27. The zero-order chi connectivity index (χ0) is 29.5. The second-order valence-corrected chi connectivity index (χ2v) is 11.3. The molecule has 4 heterocycles. The molecule has 0 atom stereocenters. The lowest BCUT2D eigenvalue weighted by molar-refractivity contribution is 0.669. The summed E-state index contributed by atoms with van der Waals surface area (Å²) in [5, 5.41) is 4.51. The number of hydrogen-bond acceptors (Lipinski definition) is 5. The quantitative estimate of drug-likeness (QED) is 0.209. The molecule has 45 heavy (non-hydrogen) atoms. The summed E-state index contributed by atoms with van der Waals surface area (Å²) in [6.45, 7) is 0. The largest absolute Gasteiger partial charge is 0.456 e. The summed E-state index contributed by atoms with van der Waals surface area (Å²) in [5.41, 5.74) is 8.80. The Kier molecular flexibility index (Phi) is 4.90. The molecule has 0 unspecified atom stereocenters. The van der Waals surface area contributed by atoms with Gasteiger partial charge in [-0.2, -0.15) is 9.97 Å². The van der Waals surface area contributed by atoms with E-state index in [9.17, 15) is 0 Å². The maximum atomic E-state index is 6.39. The van der Waals surface area contributed by atoms with Crippen LogP contribution in [0.1, 0.15) is 0 Å². The number of aromatic nitrogens is 4. The van der Waals surface area contributed by atoms with E-state index in [1.807, 2.05) is 60.7 Å². The molecule has 0 bridgehead atoms. The van der Waals surface area contributed by atoms with Crippen LogP contribution < -0.4 is 4.90 Å². The third kappa shape index (κ3) is 3.42. The van der Waals surface area contributed by atoms with Crippen LogP contribution >= 0.6 is 0 Å². The molecule has 0 saturated carbocycles. The highest BCUT2D eigenvalue weighted by Gasteiger charge is 2.30. The maximum Gasteiger partial charge on any atom is 0.238 e. The van der Waals surface area contributed by atoms with Crippen molar-refractivity contribution < 1.29 is 4.42 Å². The van der Waals surface area contributed by atoms with Gasteiger partial charge in [0.15, 0.2) is 11.6 Å². The number of hydrogen-bond donors (Lipinski definition) is 0. The van der Waals surface area contributed by atoms with Gasteiger partial charge in [0.1, 0.15) is 11.2 Å². The smallest absolute Gasteiger partial charge is 0.238 e. The van der Waals surface area contributed by atoms with Crippen LogP contribution in [0.2, 0.25) is 0 Å². The fourth-order valence-electron chi connectivity index (χ4n) is 6.88. The molecule has 0 saturated heterocycles. The topological polar surface area (TPSA) is 60.0 Å². The molecule has 6 heteroatoms. The number of para-hydroxylation sites is 3. The SMILES string of the molecule is c1ccc(-c2nc(-c3ccccc3)nc(N3c4ccccc4-n4c5cccc6oc7cccc(c8cccc3c84)c7c65)n2)cc1. The molecule has 0 amide bonds. The second kappa shape index (κ2) is 9.11. The maximum absolute atomic E-state index is 6.39. The molecule has 0 radical (unpaired) electrons. The molecule has 1 aliphatic rings. The van der Waals surface area contributed by atoms with E-state index in [0.717, 1.165) is 71.9 Å². The van der Waals surface area contributed by atoms with Crippen molar-refractivity contribution in [2.24, 2.45) is 0 Å². The van der Waals surface area contributed by atoms with Gasteiger partial charge in [-0.3, -0.25) is 4.90 Å². The predicted octanol–water partition coefficient (Wildman–Crippen LogP) is 9.99. The normalized spacial score (nSPS) is 12.4. The van der Waals surface area contributed by atoms with Crippen LogP contribution in [0.3, 0.4) is 0 Å². The van der Waals surface area contributed by atoms with Crippen molar-refractivity contribution in [1.29, 1.82) is 0 Å². The highest BCUT2D eigenvalue weighted by Crippen LogP contribution is 2.49. The minimum absolute atomic E-state index is 0.561. The van der Waals surface area contributed by atoms with Gasteiger partial charge in [-0.15, -0.1) is 0 Å². The molecule has 3 aromatic heterocycles. The van der Waals surface area contributed by atoms with Crippen molar-refractivity contribution in [1.82, 2.24) is 19.5 Å². The molecule has 6 nitrogen and oxygen atoms in total. The van der Waals surface area contributed by atoms with Crippen LogP contribution in [0.4, 0.5) is 17.3 Å². The summed E-state index contributed by atoms with van der Waals surface area (Å²) in [5.74, 6) is 1.81. The molecule has 0 N–H and O–H groups in total. The molecular weight excluding hydrogens is 554 g/mol. The molecule has 0 aliphatic carbocycles. The van der Waals surface area contributed by atoms with E-state index in [1.165, 1.54) is 0 Å². The Bertz CT molecular complexity index is 2550. The summed E-state index contributed by atoms with van der Waals surface area (Å²) in [4.78, 5) is 17.4. The summed E-state index contributed by atoms with van der Waals surface area (Å²) in [6.07, 6.45) is 0. The van der Waals surface area contributed by atoms with Crippen LogP contribution in [0.25, 0.3) is 72.2 Å². The summed E-state index contributed by atoms with van der Waals surface area (Å²) >= 11 is 0. The van der Waals surface area contributed by atoms with Gasteiger partial charge >= 0.3 is 0 Å². The minimum atomic E-state index is 0.561. The van der Waals surface area contributed by atoms with Crippen molar-refractivity contribution in [3.8, 4) is 28.5 Å². The van der Waals surface area contributed by atoms with Gasteiger partial charge in [0, 0.05) is 21.9 Å². The Morgan fingerprint density at radius 2 is 1.02 bits per heavy atom. The standard InChI is InChI=1S/C39H23N5O/c1-3-12-24(13-4-1)37-40-38(25-14-5-2-6-15-25)42-39(41-37)44-29-19-8-7-18-28(29)43-30-20-11-23-33-35(30)34-26(16-10-22-32(34)45-33)27-17-9-21-31(44)36(27)43/h1-23H. The zero-order valence-electron chi connectivity index (χ0n) is 23.9. The number of nitrogens with zero attached hydrogens (tertiary/aromatic N) is 5. The fraction of sp³-hybridized carbons (Fsp3) is 0. The van der Waals surface area contributed by atoms with Gasteiger partial charge in [-0.05, 0) is 41.8 Å². The van der Waals surface area contributed by atoms with Crippen LogP contribution in [0.5, 0.6) is 0 Å². The Balaban J connectivity index is 1.37. The van der Waals surface area contributed by atoms with Crippen LogP contribution in [-0.2, 0) is 0 Å². The zero-order valence-corrected chi connectivity index (χ0v) is 23.9. The predicted molar refractivity (Wildman–Crippen MR) is 181 cm³/mol. The van der Waals surface area contributed by atoms with Crippen molar-refractivity contribution in [2.45, 2.75) is 0 Å². The molecule has 210 valence electrons. The molecule has 1 aliphatic heterocycles. The average Bonchev–Trinajstić information content (AvgIpc) is 3.44. The van der Waals surface area contributed by atoms with Crippen molar-refractivity contribution in [3.63, 3.8) is 0 Å². The fourth-order valence-corrected chi connectivity index (χ4v) is 6.88. The first-order valence-corrected chi connectivity index (χ1v) is 15.0. The average molecular weight is 578 g/mol. The lowest BCUT2D eigenvalue weighted by atomic mass is 10.0. The van der Waals surface area contributed by atoms with Crippen LogP contribution in [0.15, 0.2) is 144 Å². The monoisotopic (exact) mass is 577 g/mol. The van der Waals surface area contributed by atoms with Crippen LogP contribution in [0, 0.1) is 0 Å². The Morgan fingerprint density at radius 1 is 0.444 bits per heavy atom. The molecule has 10 rings (SSSR count). The number of furan rings is 1. The second-order valence-electron chi connectivity index (χ2n) is 11.3. The van der Waals surface area contributed by atoms with Gasteiger partial charge in [0.05, 0.1) is 33.5 Å². The van der Waals surface area contributed by atoms with E-state index >= 15 is 0 Å². The summed E-state index contributed by atoms with van der Waals surface area (Å²) in [6, 6.07) is 47.8. The van der Waals surface area contributed by atoms with Gasteiger partial charge in [0.25, 0.3) is 0 Å². The third-order valence-electron chi connectivity index (χ3n) is 8.76. The van der Waals surface area contributed by atoms with Crippen molar-refractivity contribution in [3.05, 3.63) is 140 Å². The van der Waals surface area contributed by atoms with E-state index in [0.29, 0.717) is 17.6 Å². The summed E-state index contributed by atoms with van der Waals surface area (Å²) < 4.78 is 8.77. The van der Waals surface area contributed by atoms with Gasteiger partial charge in [0.2, 0.25) is 5.95 Å². The van der Waals surface area contributed by atoms with Gasteiger partial charge in [-0.1, -0.05) is 103 Å². The van der Waals surface area contributed by atoms with Crippen molar-refractivity contribution >= 4 is 61.1 Å². The van der Waals surface area contributed by atoms with E-state index in [1.54, 1.807) is 0 Å². The number of anilines is 3. The highest BCUT2D eigenvalue weighted by atomic mass is 16.3. The molecule has 9 aromatic rings. The molecule has 0 spiro atoms. The van der Waals surface area contributed by atoms with E-state index in [-0.39, 0.29) is 0 Å². The number of rotatable bonds is 3. The minimum Gasteiger partial charge on any atom is -0.456 e. The van der Waals surface area contributed by atoms with Crippen molar-refractivity contribution in [2.75, 3.05) is 4.90 Å². The Labute approximate surface area is 257 Å². The lowest BCUT2D eigenvalue weighted by Crippen LogP contribution is -2.21. The molecule has 0 fully saturated rings. The molecular formula is C39H23N5O. The first-order chi connectivity index (χ1) is 22.3. The van der Waals surface area contributed by atoms with Crippen LogP contribution in [-0.4, -0.2) is 19.5 Å². The van der Waals surface area contributed by atoms with Gasteiger partial charge < -0.3 is 8.98 Å². The first-order valence-electron chi connectivity index (χ1n) is 15.0.